The molecule has 0 unspecified atom stereocenters. The number of aromatic amines is 1. The minimum Gasteiger partial charge on any atom is -0.478 e. The molecule has 0 aliphatic carbocycles. The Kier molecular flexibility index (Phi) is 9.30. The van der Waals surface area contributed by atoms with Crippen LogP contribution in [-0.2, 0) is 0 Å². The second-order valence-corrected chi connectivity index (χ2v) is 5.33. The first-order valence-corrected chi connectivity index (χ1v) is 9.05. The van der Waals surface area contributed by atoms with Gasteiger partial charge < -0.3 is 9.72 Å². The number of nitrogens with zero attached hydrogens (tertiary/aromatic N) is 1. The Bertz CT molecular complexity index is 735. The molecule has 136 valence electrons. The lowest BCUT2D eigenvalue weighted by Crippen LogP contribution is -1.96. The van der Waals surface area contributed by atoms with Gasteiger partial charge in [-0.2, -0.15) is 0 Å². The first-order chi connectivity index (χ1) is 12.2. The van der Waals surface area contributed by atoms with Crippen LogP contribution in [0.1, 0.15) is 47.5 Å². The molecule has 1 aromatic carbocycles. The van der Waals surface area contributed by atoms with E-state index in [0.717, 1.165) is 28.5 Å². The molecular weight excluding hydrogens is 315 g/mol. The molecule has 0 spiro atoms. The lowest BCUT2D eigenvalue weighted by molar-refractivity contribution is 0.305. The van der Waals surface area contributed by atoms with E-state index in [2.05, 4.69) is 30.7 Å². The summed E-state index contributed by atoms with van der Waals surface area (Å²) in [6, 6.07) is 8.55. The number of hydrogen-bond donors (Lipinski definition) is 1. The summed E-state index contributed by atoms with van der Waals surface area (Å²) in [5.41, 5.74) is 2.77. The number of nitrogens with one attached hydrogen (secondary N) is 1. The number of rotatable bonds is 4. The summed E-state index contributed by atoms with van der Waals surface area (Å²) in [6.45, 7) is 11.0. The minimum atomic E-state index is -0.243. The van der Waals surface area contributed by atoms with Gasteiger partial charge >= 0.3 is 0 Å². The standard InChI is InChI=1S/C16H15FN2O.C3H8.C2H6/c1-2-7-20-16-6-3-11(9-19-16)14-10-18-15-8-12(17)4-5-13(14)15;1-3-2;1-2/h3-6,8-10,18H,2,7H2,1H3;3H2,1-2H3;1-2H3. The molecule has 0 amide bonds. The van der Waals surface area contributed by atoms with Crippen molar-refractivity contribution in [2.24, 2.45) is 0 Å². The molecule has 4 heteroatoms. The maximum absolute atomic E-state index is 13.2. The van der Waals surface area contributed by atoms with Crippen LogP contribution in [0.3, 0.4) is 0 Å². The van der Waals surface area contributed by atoms with Crippen molar-refractivity contribution in [1.82, 2.24) is 9.97 Å². The van der Waals surface area contributed by atoms with Gasteiger partial charge in [-0.25, -0.2) is 9.37 Å². The van der Waals surface area contributed by atoms with Gasteiger partial charge in [-0.1, -0.05) is 41.0 Å². The van der Waals surface area contributed by atoms with Crippen molar-refractivity contribution in [3.63, 3.8) is 0 Å². The number of aromatic nitrogens is 2. The molecule has 3 nitrogen and oxygen atoms in total. The zero-order chi connectivity index (χ0) is 18.7. The summed E-state index contributed by atoms with van der Waals surface area (Å²) >= 11 is 0. The third-order valence-corrected chi connectivity index (χ3v) is 3.15. The van der Waals surface area contributed by atoms with Crippen molar-refractivity contribution in [2.75, 3.05) is 6.61 Å². The van der Waals surface area contributed by atoms with E-state index < -0.39 is 0 Å². The van der Waals surface area contributed by atoms with Crippen LogP contribution in [0.4, 0.5) is 4.39 Å². The number of ether oxygens (including phenoxy) is 1. The van der Waals surface area contributed by atoms with Crippen molar-refractivity contribution < 1.29 is 9.13 Å². The average molecular weight is 344 g/mol. The molecule has 2 heterocycles. The normalized spacial score (nSPS) is 9.68. The van der Waals surface area contributed by atoms with Crippen LogP contribution in [0.2, 0.25) is 0 Å². The molecule has 0 aliphatic rings. The molecule has 0 bridgehead atoms. The van der Waals surface area contributed by atoms with Crippen molar-refractivity contribution in [3.05, 3.63) is 48.5 Å². The van der Waals surface area contributed by atoms with Crippen molar-refractivity contribution in [3.8, 4) is 17.0 Å². The molecule has 0 radical (unpaired) electrons. The highest BCUT2D eigenvalue weighted by Gasteiger charge is 2.07. The number of fused-ring (bicyclic) bond motifs is 1. The van der Waals surface area contributed by atoms with E-state index in [0.29, 0.717) is 12.5 Å². The largest absolute Gasteiger partial charge is 0.478 e. The van der Waals surface area contributed by atoms with Crippen molar-refractivity contribution in [1.29, 1.82) is 0 Å². The van der Waals surface area contributed by atoms with Crippen LogP contribution >= 0.6 is 0 Å². The van der Waals surface area contributed by atoms with Gasteiger partial charge in [0.25, 0.3) is 0 Å². The number of hydrogen-bond acceptors (Lipinski definition) is 2. The number of H-pyrrole nitrogens is 1. The fourth-order valence-electron chi connectivity index (χ4n) is 2.17. The maximum Gasteiger partial charge on any atom is 0.213 e. The van der Waals surface area contributed by atoms with E-state index in [9.17, 15) is 4.39 Å². The predicted molar refractivity (Wildman–Crippen MR) is 105 cm³/mol. The zero-order valence-electron chi connectivity index (χ0n) is 15.9. The molecule has 0 aliphatic heterocycles. The Morgan fingerprint density at radius 3 is 2.40 bits per heavy atom. The Morgan fingerprint density at radius 1 is 1.08 bits per heavy atom. The quantitative estimate of drug-likeness (QED) is 0.579. The highest BCUT2D eigenvalue weighted by molar-refractivity contribution is 5.95. The number of pyridine rings is 1. The number of benzene rings is 1. The van der Waals surface area contributed by atoms with E-state index in [-0.39, 0.29) is 5.82 Å². The summed E-state index contributed by atoms with van der Waals surface area (Å²) < 4.78 is 18.6. The molecule has 0 saturated carbocycles. The van der Waals surface area contributed by atoms with Gasteiger partial charge in [0.1, 0.15) is 5.82 Å². The predicted octanol–water partition coefficient (Wildman–Crippen LogP) is 6.60. The third kappa shape index (κ3) is 5.89. The summed E-state index contributed by atoms with van der Waals surface area (Å²) in [4.78, 5) is 7.36. The van der Waals surface area contributed by atoms with Gasteiger partial charge in [0.15, 0.2) is 0 Å². The van der Waals surface area contributed by atoms with Gasteiger partial charge in [0, 0.05) is 40.5 Å². The maximum atomic E-state index is 13.2. The van der Waals surface area contributed by atoms with E-state index in [4.69, 9.17) is 4.74 Å². The topological polar surface area (TPSA) is 37.9 Å². The lowest BCUT2D eigenvalue weighted by Gasteiger charge is -2.04. The minimum absolute atomic E-state index is 0.243. The molecule has 3 rings (SSSR count). The van der Waals surface area contributed by atoms with E-state index in [1.54, 1.807) is 12.3 Å². The fourth-order valence-corrected chi connectivity index (χ4v) is 2.17. The summed E-state index contributed by atoms with van der Waals surface area (Å²) in [7, 11) is 0. The lowest BCUT2D eigenvalue weighted by atomic mass is 10.1. The first-order valence-electron chi connectivity index (χ1n) is 9.05. The second kappa shape index (κ2) is 11.2. The molecule has 25 heavy (non-hydrogen) atoms. The van der Waals surface area contributed by atoms with Crippen molar-refractivity contribution in [2.45, 2.75) is 47.5 Å². The van der Waals surface area contributed by atoms with Gasteiger partial charge in [0.05, 0.1) is 6.61 Å². The van der Waals surface area contributed by atoms with Crippen LogP contribution in [0.15, 0.2) is 42.7 Å². The molecule has 1 N–H and O–H groups in total. The van der Waals surface area contributed by atoms with Crippen LogP contribution in [0.25, 0.3) is 22.0 Å². The monoisotopic (exact) mass is 344 g/mol. The molecule has 2 aromatic heterocycles. The molecule has 0 saturated heterocycles. The van der Waals surface area contributed by atoms with E-state index in [1.165, 1.54) is 18.6 Å². The Balaban J connectivity index is 0.000000567. The zero-order valence-corrected chi connectivity index (χ0v) is 15.9. The first kappa shape index (κ1) is 20.7. The van der Waals surface area contributed by atoms with Crippen LogP contribution in [-0.4, -0.2) is 16.6 Å². The Hall–Kier alpha value is -2.36. The molecule has 0 atom stereocenters. The summed E-state index contributed by atoms with van der Waals surface area (Å²) in [6.07, 6.45) is 5.85. The van der Waals surface area contributed by atoms with Crippen LogP contribution in [0, 0.1) is 5.82 Å². The SMILES string of the molecule is CC.CCC.CCCOc1ccc(-c2c[nH]c3cc(F)ccc23)cn1. The third-order valence-electron chi connectivity index (χ3n) is 3.15. The Morgan fingerprint density at radius 2 is 1.80 bits per heavy atom. The van der Waals surface area contributed by atoms with Crippen molar-refractivity contribution >= 4 is 10.9 Å². The smallest absolute Gasteiger partial charge is 0.213 e. The highest BCUT2D eigenvalue weighted by Crippen LogP contribution is 2.29. The summed E-state index contributed by atoms with van der Waals surface area (Å²) in [5, 5.41) is 0.982. The molecule has 3 aromatic rings. The van der Waals surface area contributed by atoms with Crippen LogP contribution in [0.5, 0.6) is 5.88 Å². The van der Waals surface area contributed by atoms with Gasteiger partial charge in [0.2, 0.25) is 5.88 Å². The highest BCUT2D eigenvalue weighted by atomic mass is 19.1. The fraction of sp³-hybridized carbons (Fsp3) is 0.381. The molecular formula is C21H29FN2O. The number of halogens is 1. The van der Waals surface area contributed by atoms with Crippen LogP contribution < -0.4 is 4.74 Å². The molecule has 0 fully saturated rings. The van der Waals surface area contributed by atoms with E-state index >= 15 is 0 Å². The van der Waals surface area contributed by atoms with E-state index in [1.807, 2.05) is 32.2 Å². The average Bonchev–Trinajstić information content (AvgIpc) is 3.06. The summed E-state index contributed by atoms with van der Waals surface area (Å²) in [5.74, 6) is 0.383. The van der Waals surface area contributed by atoms with Gasteiger partial charge in [-0.3, -0.25) is 0 Å². The second-order valence-electron chi connectivity index (χ2n) is 5.33. The van der Waals surface area contributed by atoms with Gasteiger partial charge in [-0.15, -0.1) is 0 Å². The van der Waals surface area contributed by atoms with Gasteiger partial charge in [-0.05, 0) is 30.7 Å². The Labute approximate surface area is 150 Å².